The van der Waals surface area contributed by atoms with E-state index in [9.17, 15) is 4.79 Å². The Morgan fingerprint density at radius 2 is 1.58 bits per heavy atom. The Labute approximate surface area is 109 Å². The molecule has 4 aromatic rings. The van der Waals surface area contributed by atoms with Crippen molar-refractivity contribution < 1.29 is 4.79 Å². The molecule has 0 saturated carbocycles. The molecule has 0 radical (unpaired) electrons. The smallest absolute Gasteiger partial charge is 0.150 e. The van der Waals surface area contributed by atoms with Crippen LogP contribution in [0.2, 0.25) is 0 Å². The average molecular weight is 245 g/mol. The van der Waals surface area contributed by atoms with Gasteiger partial charge in [-0.15, -0.1) is 0 Å². The van der Waals surface area contributed by atoms with E-state index in [1.54, 1.807) is 0 Å². The molecule has 0 saturated heterocycles. The molecule has 2 heteroatoms. The zero-order valence-corrected chi connectivity index (χ0v) is 10.2. The first-order valence-electron chi connectivity index (χ1n) is 6.20. The van der Waals surface area contributed by atoms with Crippen LogP contribution in [0.15, 0.2) is 48.5 Å². The van der Waals surface area contributed by atoms with Gasteiger partial charge in [-0.25, -0.2) is 0 Å². The van der Waals surface area contributed by atoms with Gasteiger partial charge in [-0.05, 0) is 50.5 Å². The molecule has 0 atom stereocenters. The fourth-order valence-corrected chi connectivity index (χ4v) is 2.98. The summed E-state index contributed by atoms with van der Waals surface area (Å²) in [7, 11) is 0. The van der Waals surface area contributed by atoms with E-state index in [-0.39, 0.29) is 0 Å². The van der Waals surface area contributed by atoms with Crippen LogP contribution in [-0.4, -0.2) is 6.29 Å². The van der Waals surface area contributed by atoms with Gasteiger partial charge in [0, 0.05) is 11.3 Å². The molecule has 2 nitrogen and oxygen atoms in total. The maximum absolute atomic E-state index is 11.3. The van der Waals surface area contributed by atoms with Crippen LogP contribution in [0.1, 0.15) is 10.4 Å². The molecule has 0 amide bonds. The van der Waals surface area contributed by atoms with Crippen molar-refractivity contribution in [3.8, 4) is 0 Å². The molecule has 4 rings (SSSR count). The van der Waals surface area contributed by atoms with Crippen LogP contribution in [0.3, 0.4) is 0 Å². The number of rotatable bonds is 1. The molecule has 2 N–H and O–H groups in total. The summed E-state index contributed by atoms with van der Waals surface area (Å²) in [6.07, 6.45) is 0.906. The van der Waals surface area contributed by atoms with Crippen molar-refractivity contribution in [1.82, 2.24) is 0 Å². The lowest BCUT2D eigenvalue weighted by Crippen LogP contribution is -1.92. The molecule has 0 heterocycles. The molecule has 4 aromatic carbocycles. The van der Waals surface area contributed by atoms with Gasteiger partial charge in [0.2, 0.25) is 0 Å². The van der Waals surface area contributed by atoms with Crippen LogP contribution in [0, 0.1) is 0 Å². The van der Waals surface area contributed by atoms with Crippen LogP contribution in [0.25, 0.3) is 32.3 Å². The molecule has 0 aliphatic heterocycles. The van der Waals surface area contributed by atoms with E-state index >= 15 is 0 Å². The van der Waals surface area contributed by atoms with Crippen LogP contribution in [0.5, 0.6) is 0 Å². The number of benzene rings is 4. The SMILES string of the molecule is Nc1cc2ccc3cccc4cc(C=O)c(c1)c2c34. The van der Waals surface area contributed by atoms with Crippen LogP contribution in [0.4, 0.5) is 5.69 Å². The zero-order chi connectivity index (χ0) is 13.0. The van der Waals surface area contributed by atoms with Crippen molar-refractivity contribution in [2.24, 2.45) is 0 Å². The lowest BCUT2D eigenvalue weighted by atomic mass is 9.91. The molecule has 0 bridgehead atoms. The van der Waals surface area contributed by atoms with E-state index in [0.29, 0.717) is 11.3 Å². The fourth-order valence-electron chi connectivity index (χ4n) is 2.98. The molecule has 19 heavy (non-hydrogen) atoms. The molecule has 0 aromatic heterocycles. The number of carbonyl (C=O) groups is 1. The van der Waals surface area contributed by atoms with Crippen molar-refractivity contribution in [1.29, 1.82) is 0 Å². The maximum Gasteiger partial charge on any atom is 0.150 e. The summed E-state index contributed by atoms with van der Waals surface area (Å²) < 4.78 is 0. The highest BCUT2D eigenvalue weighted by Gasteiger charge is 2.11. The third kappa shape index (κ3) is 1.28. The maximum atomic E-state index is 11.3. The van der Waals surface area contributed by atoms with E-state index < -0.39 is 0 Å². The summed E-state index contributed by atoms with van der Waals surface area (Å²) in [6.45, 7) is 0. The van der Waals surface area contributed by atoms with E-state index in [2.05, 4.69) is 18.2 Å². The zero-order valence-electron chi connectivity index (χ0n) is 10.2. The van der Waals surface area contributed by atoms with Crippen LogP contribution in [-0.2, 0) is 0 Å². The van der Waals surface area contributed by atoms with Gasteiger partial charge in [0.1, 0.15) is 0 Å². The van der Waals surface area contributed by atoms with Crippen molar-refractivity contribution in [3.05, 3.63) is 54.1 Å². The predicted octanol–water partition coefficient (Wildman–Crippen LogP) is 3.98. The number of hydrogen-bond donors (Lipinski definition) is 1. The van der Waals surface area contributed by atoms with E-state index in [1.165, 1.54) is 10.8 Å². The van der Waals surface area contributed by atoms with Crippen LogP contribution >= 0.6 is 0 Å². The molecule has 90 valence electrons. The number of aldehydes is 1. The highest BCUT2D eigenvalue weighted by molar-refractivity contribution is 6.26. The second-order valence-corrected chi connectivity index (χ2v) is 4.90. The first-order chi connectivity index (χ1) is 9.28. The fraction of sp³-hybridized carbons (Fsp3) is 0. The summed E-state index contributed by atoms with van der Waals surface area (Å²) in [5, 5.41) is 6.66. The van der Waals surface area contributed by atoms with Gasteiger partial charge in [-0.1, -0.05) is 30.3 Å². The third-order valence-corrected chi connectivity index (χ3v) is 3.76. The number of nitrogens with two attached hydrogens (primary N) is 1. The van der Waals surface area contributed by atoms with Crippen molar-refractivity contribution in [3.63, 3.8) is 0 Å². The molecular formula is C17H11NO. The molecule has 0 fully saturated rings. The molecular weight excluding hydrogens is 234 g/mol. The van der Waals surface area contributed by atoms with Gasteiger partial charge in [0.05, 0.1) is 0 Å². The highest BCUT2D eigenvalue weighted by atomic mass is 16.1. The second kappa shape index (κ2) is 3.45. The average Bonchev–Trinajstić information content (AvgIpc) is 2.43. The highest BCUT2D eigenvalue weighted by Crippen LogP contribution is 2.37. The normalized spacial score (nSPS) is 11.6. The summed E-state index contributed by atoms with van der Waals surface area (Å²) in [5.74, 6) is 0. The molecule has 0 spiro atoms. The van der Waals surface area contributed by atoms with Gasteiger partial charge in [-0.3, -0.25) is 4.79 Å². The van der Waals surface area contributed by atoms with Gasteiger partial charge in [-0.2, -0.15) is 0 Å². The largest absolute Gasteiger partial charge is 0.399 e. The lowest BCUT2D eigenvalue weighted by molar-refractivity contribution is 0.112. The Hall–Kier alpha value is -2.61. The summed E-state index contributed by atoms with van der Waals surface area (Å²) in [6, 6.07) is 16.1. The summed E-state index contributed by atoms with van der Waals surface area (Å²) in [5.41, 5.74) is 7.33. The molecule has 0 unspecified atom stereocenters. The first kappa shape index (κ1) is 10.3. The number of carbonyl (C=O) groups excluding carboxylic acids is 1. The Bertz CT molecular complexity index is 940. The van der Waals surface area contributed by atoms with Gasteiger partial charge in [0.15, 0.2) is 6.29 Å². The van der Waals surface area contributed by atoms with E-state index in [0.717, 1.165) is 27.8 Å². The minimum atomic E-state index is 0.689. The van der Waals surface area contributed by atoms with Gasteiger partial charge in [0.25, 0.3) is 0 Å². The molecule has 0 aliphatic rings. The molecule has 0 aliphatic carbocycles. The summed E-state index contributed by atoms with van der Waals surface area (Å²) >= 11 is 0. The predicted molar refractivity (Wildman–Crippen MR) is 79.9 cm³/mol. The van der Waals surface area contributed by atoms with Gasteiger partial charge >= 0.3 is 0 Å². The van der Waals surface area contributed by atoms with E-state index in [1.807, 2.05) is 30.3 Å². The summed E-state index contributed by atoms with van der Waals surface area (Å²) in [4.78, 5) is 11.3. The Morgan fingerprint density at radius 3 is 2.42 bits per heavy atom. The lowest BCUT2D eigenvalue weighted by Gasteiger charge is -2.13. The second-order valence-electron chi connectivity index (χ2n) is 4.90. The minimum absolute atomic E-state index is 0.689. The topological polar surface area (TPSA) is 43.1 Å². The first-order valence-corrected chi connectivity index (χ1v) is 6.20. The van der Waals surface area contributed by atoms with Crippen LogP contribution < -0.4 is 5.73 Å². The monoisotopic (exact) mass is 245 g/mol. The van der Waals surface area contributed by atoms with E-state index in [4.69, 9.17) is 5.73 Å². The number of hydrogen-bond acceptors (Lipinski definition) is 2. The van der Waals surface area contributed by atoms with Gasteiger partial charge < -0.3 is 5.73 Å². The van der Waals surface area contributed by atoms with Crippen molar-refractivity contribution >= 4 is 44.3 Å². The number of anilines is 1. The minimum Gasteiger partial charge on any atom is -0.399 e. The van der Waals surface area contributed by atoms with Crippen molar-refractivity contribution in [2.75, 3.05) is 5.73 Å². The Balaban J connectivity index is 2.45. The number of nitrogen functional groups attached to an aromatic ring is 1. The Morgan fingerprint density at radius 1 is 0.842 bits per heavy atom. The standard InChI is InChI=1S/C17H11NO/c18-14-7-12-5-4-10-2-1-3-11-6-13(9-19)15(8-14)17(12)16(10)11/h1-9H,18H2. The third-order valence-electron chi connectivity index (χ3n) is 3.76. The quantitative estimate of drug-likeness (QED) is 0.313. The van der Waals surface area contributed by atoms with Crippen molar-refractivity contribution in [2.45, 2.75) is 0 Å². The Kier molecular flexibility index (Phi) is 1.88.